The van der Waals surface area contributed by atoms with E-state index in [0.29, 0.717) is 21.5 Å². The van der Waals surface area contributed by atoms with E-state index in [1.807, 2.05) is 22.6 Å². The molecular weight excluding hydrogens is 343 g/mol. The maximum atomic E-state index is 11.5. The molecule has 1 fully saturated rings. The molecule has 0 saturated carbocycles. The summed E-state index contributed by atoms with van der Waals surface area (Å²) in [6.45, 7) is 1.75. The van der Waals surface area contributed by atoms with Gasteiger partial charge in [-0.1, -0.05) is 0 Å². The summed E-state index contributed by atoms with van der Waals surface area (Å²) >= 11 is 1.93. The Morgan fingerprint density at radius 2 is 2.19 bits per heavy atom. The molecule has 1 unspecified atom stereocenters. The maximum absolute atomic E-state index is 11.5. The van der Waals surface area contributed by atoms with Crippen LogP contribution in [0.25, 0.3) is 0 Å². The van der Waals surface area contributed by atoms with Crippen LogP contribution >= 0.6 is 22.6 Å². The molecule has 0 radical (unpaired) electrons. The lowest BCUT2D eigenvalue weighted by atomic mass is 10.1. The molecule has 1 aromatic rings. The number of aromatic amines is 1. The van der Waals surface area contributed by atoms with Crippen molar-refractivity contribution in [3.05, 3.63) is 25.4 Å². The number of aryl methyl sites for hydroxylation is 1. The van der Waals surface area contributed by atoms with E-state index < -0.39 is 9.84 Å². The first-order chi connectivity index (χ1) is 7.39. The summed E-state index contributed by atoms with van der Waals surface area (Å²) in [5.74, 6) is 0.625. The number of rotatable bonds is 1. The van der Waals surface area contributed by atoms with E-state index in [4.69, 9.17) is 0 Å². The highest BCUT2D eigenvalue weighted by atomic mass is 127. The number of hydrogen-bond acceptors (Lipinski definition) is 4. The average molecular weight is 354 g/mol. The van der Waals surface area contributed by atoms with Crippen LogP contribution in [-0.4, -0.2) is 29.9 Å². The van der Waals surface area contributed by atoms with E-state index in [1.54, 1.807) is 6.92 Å². The van der Waals surface area contributed by atoms with Crippen LogP contribution in [0.2, 0.25) is 0 Å². The summed E-state index contributed by atoms with van der Waals surface area (Å²) in [4.78, 5) is 18.4. The van der Waals surface area contributed by atoms with Gasteiger partial charge in [0.15, 0.2) is 9.84 Å². The van der Waals surface area contributed by atoms with Crippen molar-refractivity contribution in [2.24, 2.45) is 0 Å². The lowest BCUT2D eigenvalue weighted by Gasteiger charge is -2.08. The Hall–Kier alpha value is -0.440. The molecular formula is C9H11IN2O3S. The van der Waals surface area contributed by atoms with Gasteiger partial charge in [0.2, 0.25) is 0 Å². The first-order valence-corrected chi connectivity index (χ1v) is 7.76. The van der Waals surface area contributed by atoms with E-state index >= 15 is 0 Å². The molecule has 7 heteroatoms. The van der Waals surface area contributed by atoms with E-state index in [1.165, 1.54) is 0 Å². The van der Waals surface area contributed by atoms with Crippen molar-refractivity contribution < 1.29 is 8.42 Å². The Balaban J connectivity index is 2.40. The minimum Gasteiger partial charge on any atom is -0.309 e. The highest BCUT2D eigenvalue weighted by molar-refractivity contribution is 14.1. The molecule has 0 spiro atoms. The standard InChI is InChI=1S/C9H11IN2O3S/c1-5-7(10)9(13)12-8(11-5)6-2-3-16(14,15)4-6/h6H,2-4H2,1H3,(H,11,12,13). The van der Waals surface area contributed by atoms with Crippen molar-refractivity contribution in [2.45, 2.75) is 19.3 Å². The minimum atomic E-state index is -2.94. The number of nitrogens with zero attached hydrogens (tertiary/aromatic N) is 1. The van der Waals surface area contributed by atoms with Crippen LogP contribution in [0.5, 0.6) is 0 Å². The molecule has 1 N–H and O–H groups in total. The molecule has 0 aliphatic carbocycles. The van der Waals surface area contributed by atoms with Gasteiger partial charge in [0.25, 0.3) is 5.56 Å². The molecule has 2 heterocycles. The number of hydrogen-bond donors (Lipinski definition) is 1. The molecule has 1 aromatic heterocycles. The smallest absolute Gasteiger partial charge is 0.264 e. The second-order valence-electron chi connectivity index (χ2n) is 3.95. The minimum absolute atomic E-state index is 0.0932. The van der Waals surface area contributed by atoms with Crippen LogP contribution in [-0.2, 0) is 9.84 Å². The van der Waals surface area contributed by atoms with Crippen LogP contribution in [0.3, 0.4) is 0 Å². The van der Waals surface area contributed by atoms with Crippen LogP contribution in [0.1, 0.15) is 23.9 Å². The van der Waals surface area contributed by atoms with E-state index in [0.717, 1.165) is 0 Å². The zero-order valence-electron chi connectivity index (χ0n) is 8.66. The fourth-order valence-corrected chi connectivity index (χ4v) is 3.80. The van der Waals surface area contributed by atoms with Crippen molar-refractivity contribution in [2.75, 3.05) is 11.5 Å². The Bertz CT molecular complexity index is 579. The number of H-pyrrole nitrogens is 1. The topological polar surface area (TPSA) is 79.9 Å². The molecule has 1 atom stereocenters. The molecule has 88 valence electrons. The van der Waals surface area contributed by atoms with Crippen molar-refractivity contribution in [3.63, 3.8) is 0 Å². The zero-order valence-corrected chi connectivity index (χ0v) is 11.6. The fourth-order valence-electron chi connectivity index (χ4n) is 1.80. The van der Waals surface area contributed by atoms with Gasteiger partial charge in [-0.15, -0.1) is 0 Å². The molecule has 0 bridgehead atoms. The lowest BCUT2D eigenvalue weighted by molar-refractivity contribution is 0.601. The van der Waals surface area contributed by atoms with Crippen LogP contribution in [0.4, 0.5) is 0 Å². The molecule has 5 nitrogen and oxygen atoms in total. The Morgan fingerprint density at radius 3 is 2.69 bits per heavy atom. The third-order valence-corrected chi connectivity index (χ3v) is 5.70. The van der Waals surface area contributed by atoms with Crippen LogP contribution in [0.15, 0.2) is 4.79 Å². The molecule has 0 amide bonds. The Kier molecular flexibility index (Phi) is 3.08. The Morgan fingerprint density at radius 1 is 1.50 bits per heavy atom. The third kappa shape index (κ3) is 2.29. The fraction of sp³-hybridized carbons (Fsp3) is 0.556. The van der Waals surface area contributed by atoms with Gasteiger partial charge in [0.1, 0.15) is 5.82 Å². The van der Waals surface area contributed by atoms with E-state index in [9.17, 15) is 13.2 Å². The van der Waals surface area contributed by atoms with Gasteiger partial charge in [0, 0.05) is 5.92 Å². The summed E-state index contributed by atoms with van der Waals surface area (Å²) in [6.07, 6.45) is 0.547. The quantitative estimate of drug-likeness (QED) is 0.749. The number of nitrogens with one attached hydrogen (secondary N) is 1. The summed E-state index contributed by atoms with van der Waals surface area (Å²) in [6, 6.07) is 0. The van der Waals surface area contributed by atoms with Crippen molar-refractivity contribution in [1.29, 1.82) is 0 Å². The SMILES string of the molecule is Cc1nc(C2CCS(=O)(=O)C2)[nH]c(=O)c1I. The van der Waals surface area contributed by atoms with Crippen molar-refractivity contribution in [3.8, 4) is 0 Å². The van der Waals surface area contributed by atoms with Gasteiger partial charge in [0.05, 0.1) is 20.8 Å². The number of halogens is 1. The van der Waals surface area contributed by atoms with Crippen LogP contribution in [0, 0.1) is 10.5 Å². The highest BCUT2D eigenvalue weighted by Crippen LogP contribution is 2.26. The molecule has 1 saturated heterocycles. The molecule has 1 aliphatic heterocycles. The summed E-state index contributed by atoms with van der Waals surface area (Å²) < 4.78 is 23.2. The van der Waals surface area contributed by atoms with Gasteiger partial charge < -0.3 is 4.98 Å². The maximum Gasteiger partial charge on any atom is 0.264 e. The predicted octanol–water partition coefficient (Wildman–Crippen LogP) is 0.585. The summed E-state index contributed by atoms with van der Waals surface area (Å²) in [7, 11) is -2.94. The second-order valence-corrected chi connectivity index (χ2v) is 7.26. The normalized spacial score (nSPS) is 23.5. The second kappa shape index (κ2) is 4.10. The zero-order chi connectivity index (χ0) is 11.9. The predicted molar refractivity (Wildman–Crippen MR) is 68.3 cm³/mol. The average Bonchev–Trinajstić information content (AvgIpc) is 2.54. The summed E-state index contributed by atoms with van der Waals surface area (Å²) in [5.41, 5.74) is 0.469. The third-order valence-electron chi connectivity index (χ3n) is 2.67. The van der Waals surface area contributed by atoms with Gasteiger partial charge in [-0.25, -0.2) is 13.4 Å². The first kappa shape index (κ1) is 12.0. The van der Waals surface area contributed by atoms with Crippen molar-refractivity contribution >= 4 is 32.4 Å². The number of sulfone groups is 1. The van der Waals surface area contributed by atoms with Crippen LogP contribution < -0.4 is 5.56 Å². The Labute approximate surface area is 107 Å². The lowest BCUT2D eigenvalue weighted by Crippen LogP contribution is -2.19. The number of aromatic nitrogens is 2. The van der Waals surface area contributed by atoms with Gasteiger partial charge in [-0.3, -0.25) is 4.79 Å². The first-order valence-electron chi connectivity index (χ1n) is 4.86. The van der Waals surface area contributed by atoms with Gasteiger partial charge in [-0.2, -0.15) is 0 Å². The van der Waals surface area contributed by atoms with Gasteiger partial charge >= 0.3 is 0 Å². The largest absolute Gasteiger partial charge is 0.309 e. The van der Waals surface area contributed by atoms with Gasteiger partial charge in [-0.05, 0) is 35.9 Å². The van der Waals surface area contributed by atoms with E-state index in [2.05, 4.69) is 9.97 Å². The highest BCUT2D eigenvalue weighted by Gasteiger charge is 2.30. The molecule has 1 aliphatic rings. The molecule has 16 heavy (non-hydrogen) atoms. The monoisotopic (exact) mass is 354 g/mol. The summed E-state index contributed by atoms with van der Waals surface area (Å²) in [5, 5.41) is 0. The molecule has 2 rings (SSSR count). The van der Waals surface area contributed by atoms with E-state index in [-0.39, 0.29) is 23.0 Å². The molecule has 0 aromatic carbocycles. The van der Waals surface area contributed by atoms with Crippen molar-refractivity contribution in [1.82, 2.24) is 9.97 Å².